The zero-order valence-electron chi connectivity index (χ0n) is 15.8. The molecule has 1 aromatic carbocycles. The van der Waals surface area contributed by atoms with Crippen molar-refractivity contribution in [3.05, 3.63) is 70.8 Å². The molecule has 0 aliphatic heterocycles. The first-order valence-corrected chi connectivity index (χ1v) is 9.14. The summed E-state index contributed by atoms with van der Waals surface area (Å²) in [4.78, 5) is 0. The predicted molar refractivity (Wildman–Crippen MR) is 105 cm³/mol. The van der Waals surface area contributed by atoms with E-state index in [0.717, 1.165) is 12.8 Å². The molecule has 1 aliphatic carbocycles. The van der Waals surface area contributed by atoms with Crippen LogP contribution in [-0.2, 0) is 12.8 Å². The second-order valence-electron chi connectivity index (χ2n) is 6.52. The number of rotatable bonds is 6. The van der Waals surface area contributed by atoms with Crippen molar-refractivity contribution in [2.24, 2.45) is 5.92 Å². The molecule has 126 valence electrons. The van der Waals surface area contributed by atoms with E-state index in [4.69, 9.17) is 0 Å². The summed E-state index contributed by atoms with van der Waals surface area (Å²) in [5, 5.41) is 0. The van der Waals surface area contributed by atoms with Crippen molar-refractivity contribution in [2.45, 2.75) is 66.7 Å². The smallest absolute Gasteiger partial charge is 0.0197 e. The highest BCUT2D eigenvalue weighted by Gasteiger charge is 2.07. The van der Waals surface area contributed by atoms with E-state index < -0.39 is 0 Å². The number of benzene rings is 1. The van der Waals surface area contributed by atoms with Crippen LogP contribution in [0.2, 0.25) is 0 Å². The average molecular weight is 311 g/mol. The van der Waals surface area contributed by atoms with Gasteiger partial charge < -0.3 is 0 Å². The van der Waals surface area contributed by atoms with Crippen LogP contribution >= 0.6 is 0 Å². The average Bonchev–Trinajstić information content (AvgIpc) is 2.56. The lowest BCUT2D eigenvalue weighted by molar-refractivity contribution is 0.679. The third-order valence-electron chi connectivity index (χ3n) is 4.61. The Kier molecular flexibility index (Phi) is 8.69. The van der Waals surface area contributed by atoms with E-state index >= 15 is 0 Å². The molecule has 0 saturated heterocycles. The van der Waals surface area contributed by atoms with Crippen molar-refractivity contribution in [3.63, 3.8) is 0 Å². The fourth-order valence-corrected chi connectivity index (χ4v) is 2.84. The van der Waals surface area contributed by atoms with E-state index in [-0.39, 0.29) is 0 Å². The van der Waals surface area contributed by atoms with Gasteiger partial charge in [-0.05, 0) is 68.6 Å². The molecule has 0 aromatic heterocycles. The first kappa shape index (κ1) is 19.5. The Morgan fingerprint density at radius 1 is 1.17 bits per heavy atom. The molecule has 0 saturated carbocycles. The Morgan fingerprint density at radius 3 is 2.52 bits per heavy atom. The van der Waals surface area contributed by atoms with Crippen molar-refractivity contribution in [2.75, 3.05) is 0 Å². The Labute approximate surface area is 144 Å². The molecule has 23 heavy (non-hydrogen) atoms. The maximum atomic E-state index is 4.07. The van der Waals surface area contributed by atoms with Gasteiger partial charge in [0.15, 0.2) is 0 Å². The van der Waals surface area contributed by atoms with Gasteiger partial charge in [-0.25, -0.2) is 0 Å². The quantitative estimate of drug-likeness (QED) is 0.493. The Hall–Kier alpha value is -1.56. The van der Waals surface area contributed by atoms with Crippen molar-refractivity contribution in [3.8, 4) is 0 Å². The minimum absolute atomic E-state index is 0.562. The van der Waals surface area contributed by atoms with Crippen LogP contribution in [0.5, 0.6) is 0 Å². The Bertz CT molecular complexity index is 557. The van der Waals surface area contributed by atoms with E-state index in [9.17, 15) is 0 Å². The van der Waals surface area contributed by atoms with Crippen molar-refractivity contribution in [1.82, 2.24) is 0 Å². The topological polar surface area (TPSA) is 0 Å². The monoisotopic (exact) mass is 310 g/mol. The SMILES string of the molecule is C=C(C)C(C)Cc1cccc(CCC2=C(C)CCC=C2)c1.CC. The van der Waals surface area contributed by atoms with E-state index in [0.29, 0.717) is 5.92 Å². The highest BCUT2D eigenvalue weighted by atomic mass is 14.1. The van der Waals surface area contributed by atoms with Gasteiger partial charge in [0.1, 0.15) is 0 Å². The second-order valence-corrected chi connectivity index (χ2v) is 6.52. The molecular formula is C23H34. The molecule has 2 rings (SSSR count). The minimum Gasteiger partial charge on any atom is -0.0999 e. The number of allylic oxidation sites excluding steroid dienone is 5. The molecule has 0 heteroatoms. The molecule has 0 bridgehead atoms. The minimum atomic E-state index is 0.562. The Balaban J connectivity index is 0.00000127. The zero-order chi connectivity index (χ0) is 17.2. The fraction of sp³-hybridized carbons (Fsp3) is 0.478. The number of hydrogen-bond donors (Lipinski definition) is 0. The lowest BCUT2D eigenvalue weighted by atomic mass is 9.92. The molecule has 1 unspecified atom stereocenters. The molecule has 0 amide bonds. The highest BCUT2D eigenvalue weighted by Crippen LogP contribution is 2.23. The van der Waals surface area contributed by atoms with Crippen molar-refractivity contribution < 1.29 is 0 Å². The summed E-state index contributed by atoms with van der Waals surface area (Å²) in [5.41, 5.74) is 7.29. The van der Waals surface area contributed by atoms with Gasteiger partial charge in [0.05, 0.1) is 0 Å². The normalized spacial score (nSPS) is 15.0. The summed E-state index contributed by atoms with van der Waals surface area (Å²) in [6, 6.07) is 9.08. The van der Waals surface area contributed by atoms with Crippen molar-refractivity contribution in [1.29, 1.82) is 0 Å². The second kappa shape index (κ2) is 10.3. The van der Waals surface area contributed by atoms with Crippen LogP contribution in [0.3, 0.4) is 0 Å². The van der Waals surface area contributed by atoms with Crippen LogP contribution < -0.4 is 0 Å². The molecule has 1 aromatic rings. The molecule has 0 heterocycles. The van der Waals surface area contributed by atoms with Gasteiger partial charge in [-0.15, -0.1) is 0 Å². The Morgan fingerprint density at radius 2 is 1.87 bits per heavy atom. The van der Waals surface area contributed by atoms with E-state index in [2.05, 4.69) is 63.8 Å². The van der Waals surface area contributed by atoms with Gasteiger partial charge in [-0.3, -0.25) is 0 Å². The van der Waals surface area contributed by atoms with E-state index in [1.807, 2.05) is 13.8 Å². The third kappa shape index (κ3) is 6.60. The molecule has 1 aliphatic rings. The van der Waals surface area contributed by atoms with Crippen LogP contribution in [0.25, 0.3) is 0 Å². The molecular weight excluding hydrogens is 276 g/mol. The maximum absolute atomic E-state index is 4.07. The lowest BCUT2D eigenvalue weighted by Crippen LogP contribution is -2.01. The first-order valence-electron chi connectivity index (χ1n) is 9.14. The summed E-state index contributed by atoms with van der Waals surface area (Å²) < 4.78 is 0. The van der Waals surface area contributed by atoms with Gasteiger partial charge in [-0.1, -0.05) is 74.9 Å². The van der Waals surface area contributed by atoms with Crippen molar-refractivity contribution >= 4 is 0 Å². The molecule has 0 N–H and O–H groups in total. The summed E-state index contributed by atoms with van der Waals surface area (Å²) in [6.45, 7) is 14.7. The highest BCUT2D eigenvalue weighted by molar-refractivity contribution is 5.31. The molecule has 0 spiro atoms. The fourth-order valence-electron chi connectivity index (χ4n) is 2.84. The summed E-state index contributed by atoms with van der Waals surface area (Å²) >= 11 is 0. The maximum Gasteiger partial charge on any atom is -0.0197 e. The standard InChI is InChI=1S/C21H28.C2H6/c1-16(2)18(4)14-20-10-7-9-19(15-20)12-13-21-11-6-5-8-17(21)3;1-2/h6-7,9-11,15,18H,1,5,8,12-14H2,2-4H3;1-2H3. The lowest BCUT2D eigenvalue weighted by Gasteiger charge is -2.14. The van der Waals surface area contributed by atoms with E-state index in [1.165, 1.54) is 36.0 Å². The van der Waals surface area contributed by atoms with Crippen LogP contribution in [0.15, 0.2) is 59.7 Å². The van der Waals surface area contributed by atoms with Crippen LogP contribution in [0, 0.1) is 5.92 Å². The molecule has 0 nitrogen and oxygen atoms in total. The molecule has 0 radical (unpaired) electrons. The van der Waals surface area contributed by atoms with Crippen LogP contribution in [-0.4, -0.2) is 0 Å². The number of hydrogen-bond acceptors (Lipinski definition) is 0. The van der Waals surface area contributed by atoms with Crippen LogP contribution in [0.1, 0.15) is 65.0 Å². The summed E-state index contributed by atoms with van der Waals surface area (Å²) in [6.07, 6.45) is 10.5. The molecule has 1 atom stereocenters. The van der Waals surface area contributed by atoms with Gasteiger partial charge in [-0.2, -0.15) is 0 Å². The van der Waals surface area contributed by atoms with E-state index in [1.54, 1.807) is 11.1 Å². The van der Waals surface area contributed by atoms with Crippen LogP contribution in [0.4, 0.5) is 0 Å². The summed E-state index contributed by atoms with van der Waals surface area (Å²) in [7, 11) is 0. The number of aryl methyl sites for hydroxylation is 1. The van der Waals surface area contributed by atoms with Gasteiger partial charge in [0.25, 0.3) is 0 Å². The largest absolute Gasteiger partial charge is 0.0999 e. The summed E-state index contributed by atoms with van der Waals surface area (Å²) in [5.74, 6) is 0.562. The third-order valence-corrected chi connectivity index (χ3v) is 4.61. The predicted octanol–water partition coefficient (Wildman–Crippen LogP) is 7.07. The van der Waals surface area contributed by atoms with Gasteiger partial charge >= 0.3 is 0 Å². The van der Waals surface area contributed by atoms with Gasteiger partial charge in [0, 0.05) is 0 Å². The van der Waals surface area contributed by atoms with Gasteiger partial charge in [0.2, 0.25) is 0 Å². The zero-order valence-corrected chi connectivity index (χ0v) is 15.8. The first-order chi connectivity index (χ1) is 11.1. The molecule has 0 fully saturated rings.